The summed E-state index contributed by atoms with van der Waals surface area (Å²) in [5.74, 6) is 2.04. The number of hydrogen-bond acceptors (Lipinski definition) is 7. The summed E-state index contributed by atoms with van der Waals surface area (Å²) < 4.78 is 52.7. The molecule has 0 radical (unpaired) electrons. The predicted molar refractivity (Wildman–Crippen MR) is 152 cm³/mol. The number of ether oxygens (including phenoxy) is 3. The van der Waals surface area contributed by atoms with Crippen molar-refractivity contribution in [3.63, 3.8) is 0 Å². The van der Waals surface area contributed by atoms with Crippen LogP contribution in [-0.2, 0) is 31.0 Å². The van der Waals surface area contributed by atoms with Crippen LogP contribution in [-0.4, -0.2) is 45.5 Å². The summed E-state index contributed by atoms with van der Waals surface area (Å²) in [7, 11) is -4.01. The van der Waals surface area contributed by atoms with Crippen LogP contribution in [0.2, 0.25) is 25.7 Å². The van der Waals surface area contributed by atoms with Gasteiger partial charge in [-0.1, -0.05) is 62.0 Å². The molecule has 0 aliphatic rings. The van der Waals surface area contributed by atoms with Crippen molar-refractivity contribution in [3.8, 4) is 23.7 Å². The lowest BCUT2D eigenvalue weighted by Gasteiger charge is -2.18. The van der Waals surface area contributed by atoms with Crippen LogP contribution in [0, 0.1) is 12.3 Å². The number of aromatic nitrogens is 2. The molecule has 1 atom stereocenters. The molecule has 39 heavy (non-hydrogen) atoms. The molecule has 4 rings (SSSR count). The van der Waals surface area contributed by atoms with Crippen LogP contribution in [0.1, 0.15) is 11.8 Å². The number of nitrogens with zero attached hydrogens (tertiary/aromatic N) is 2. The van der Waals surface area contributed by atoms with Gasteiger partial charge in [0.2, 0.25) is 0 Å². The number of fused-ring (bicyclic) bond motifs is 1. The fourth-order valence-electron chi connectivity index (χ4n) is 4.15. The number of oxazole rings is 1. The normalized spacial score (nSPS) is 13.0. The Balaban J connectivity index is 1.92. The molecule has 11 heteroatoms. The quantitative estimate of drug-likeness (QED) is 0.104. The molecule has 2 heterocycles. The second-order valence-corrected chi connectivity index (χ2v) is 17.6. The van der Waals surface area contributed by atoms with E-state index in [0.29, 0.717) is 23.1 Å². The van der Waals surface area contributed by atoms with E-state index in [2.05, 4.69) is 25.6 Å². The first kappa shape index (κ1) is 28.6. The van der Waals surface area contributed by atoms with Crippen molar-refractivity contribution in [2.75, 3.05) is 20.5 Å². The molecular formula is C28H32N2O7SSi. The first-order valence-corrected chi connectivity index (χ1v) is 17.5. The Labute approximate surface area is 229 Å². The molecular weight excluding hydrogens is 536 g/mol. The third-order valence-corrected chi connectivity index (χ3v) is 9.52. The number of terminal acetylenes is 1. The van der Waals surface area contributed by atoms with Gasteiger partial charge in [0.05, 0.1) is 27.9 Å². The smallest absolute Gasteiger partial charge is 0.408 e. The summed E-state index contributed by atoms with van der Waals surface area (Å²) in [5, 5.41) is 0.522. The number of rotatable bonds is 12. The lowest BCUT2D eigenvalue weighted by molar-refractivity contribution is -0.0546. The van der Waals surface area contributed by atoms with Gasteiger partial charge in [-0.2, -0.15) is 0 Å². The Morgan fingerprint density at radius 1 is 1.08 bits per heavy atom. The highest BCUT2D eigenvalue weighted by molar-refractivity contribution is 7.90. The maximum atomic E-state index is 14.0. The average Bonchev–Trinajstić information content (AvgIpc) is 3.44. The van der Waals surface area contributed by atoms with Gasteiger partial charge >= 0.3 is 5.76 Å². The van der Waals surface area contributed by atoms with Crippen molar-refractivity contribution >= 4 is 29.0 Å². The van der Waals surface area contributed by atoms with Crippen LogP contribution in [0.4, 0.5) is 0 Å². The van der Waals surface area contributed by atoms with Gasteiger partial charge in [-0.15, -0.1) is 6.42 Å². The van der Waals surface area contributed by atoms with Crippen molar-refractivity contribution in [2.45, 2.75) is 43.4 Å². The number of benzene rings is 2. The molecule has 0 fully saturated rings. The maximum absolute atomic E-state index is 14.0. The fraction of sp³-hybridized carbons (Fsp3) is 0.321. The van der Waals surface area contributed by atoms with Gasteiger partial charge in [0.15, 0.2) is 11.9 Å². The van der Waals surface area contributed by atoms with Crippen LogP contribution in [0.25, 0.3) is 22.2 Å². The summed E-state index contributed by atoms with van der Waals surface area (Å²) in [5.41, 5.74) is 0.816. The van der Waals surface area contributed by atoms with Crippen molar-refractivity contribution in [2.24, 2.45) is 0 Å². The third-order valence-electron chi connectivity index (χ3n) is 6.08. The Kier molecular flexibility index (Phi) is 8.63. The molecule has 4 aromatic rings. The van der Waals surface area contributed by atoms with Gasteiger partial charge in [-0.25, -0.2) is 17.2 Å². The monoisotopic (exact) mass is 568 g/mol. The van der Waals surface area contributed by atoms with E-state index in [0.717, 1.165) is 10.0 Å². The number of methoxy groups -OCH3 is 1. The minimum Gasteiger partial charge on any atom is -0.408 e. The molecule has 0 spiro atoms. The summed E-state index contributed by atoms with van der Waals surface area (Å²) >= 11 is 0. The van der Waals surface area contributed by atoms with Crippen molar-refractivity contribution < 1.29 is 27.0 Å². The van der Waals surface area contributed by atoms with Crippen LogP contribution in [0.5, 0.6) is 0 Å². The minimum absolute atomic E-state index is 0.00183. The van der Waals surface area contributed by atoms with E-state index < -0.39 is 30.0 Å². The highest BCUT2D eigenvalue weighted by Gasteiger charge is 2.33. The summed E-state index contributed by atoms with van der Waals surface area (Å²) in [6, 6.07) is 15.9. The average molecular weight is 569 g/mol. The van der Waals surface area contributed by atoms with E-state index >= 15 is 0 Å². The Morgan fingerprint density at radius 3 is 2.44 bits per heavy atom. The topological polar surface area (TPSA) is 102 Å². The van der Waals surface area contributed by atoms with Gasteiger partial charge in [0.25, 0.3) is 10.0 Å². The van der Waals surface area contributed by atoms with Gasteiger partial charge in [-0.05, 0) is 24.2 Å². The SMILES string of the molecule is C#CC(OCOC)c1c(-c2cn(COCC[Si](C)(C)C)c(=O)o2)c2ccccc2n1S(=O)(=O)c1ccccc1. The zero-order valence-electron chi connectivity index (χ0n) is 22.4. The summed E-state index contributed by atoms with van der Waals surface area (Å²) in [6.45, 7) is 7.07. The Hall–Kier alpha value is -3.40. The zero-order valence-corrected chi connectivity index (χ0v) is 24.2. The zero-order chi connectivity index (χ0) is 28.2. The molecule has 0 bridgehead atoms. The number of hydrogen-bond donors (Lipinski definition) is 0. The molecule has 0 aliphatic heterocycles. The van der Waals surface area contributed by atoms with Crippen molar-refractivity contribution in [1.82, 2.24) is 8.54 Å². The van der Waals surface area contributed by atoms with Crippen molar-refractivity contribution in [3.05, 3.63) is 77.0 Å². The van der Waals surface area contributed by atoms with Crippen LogP contribution in [0.3, 0.4) is 0 Å². The largest absolute Gasteiger partial charge is 0.421 e. The lowest BCUT2D eigenvalue weighted by Crippen LogP contribution is -2.23. The molecule has 0 amide bonds. The number of para-hydroxylation sites is 1. The van der Waals surface area contributed by atoms with Crippen LogP contribution in [0.15, 0.2) is 74.9 Å². The molecule has 2 aromatic carbocycles. The van der Waals surface area contributed by atoms with Gasteiger partial charge < -0.3 is 18.6 Å². The minimum atomic E-state index is -4.15. The molecule has 0 N–H and O–H groups in total. The van der Waals surface area contributed by atoms with E-state index in [4.69, 9.17) is 25.1 Å². The Morgan fingerprint density at radius 2 is 1.77 bits per heavy atom. The lowest BCUT2D eigenvalue weighted by atomic mass is 10.1. The summed E-state index contributed by atoms with van der Waals surface area (Å²) in [6.07, 6.45) is 6.22. The van der Waals surface area contributed by atoms with E-state index in [9.17, 15) is 13.2 Å². The fourth-order valence-corrected chi connectivity index (χ4v) is 6.48. The molecule has 9 nitrogen and oxygen atoms in total. The summed E-state index contributed by atoms with van der Waals surface area (Å²) in [4.78, 5) is 12.9. The first-order valence-electron chi connectivity index (χ1n) is 12.4. The second kappa shape index (κ2) is 11.8. The molecule has 206 valence electrons. The maximum Gasteiger partial charge on any atom is 0.421 e. The molecule has 0 aliphatic carbocycles. The van der Waals surface area contributed by atoms with Crippen LogP contribution >= 0.6 is 0 Å². The highest BCUT2D eigenvalue weighted by Crippen LogP contribution is 2.41. The van der Waals surface area contributed by atoms with E-state index in [1.807, 2.05) is 0 Å². The van der Waals surface area contributed by atoms with Gasteiger partial charge in [0.1, 0.15) is 13.5 Å². The van der Waals surface area contributed by atoms with Gasteiger partial charge in [-0.3, -0.25) is 4.57 Å². The first-order chi connectivity index (χ1) is 18.6. The molecule has 0 saturated carbocycles. The standard InChI is InChI=1S/C28H32N2O7SSi/c1-6-24(36-20-34-2)27-26(25-18-29(28(31)37-25)19-35-16-17-39(3,4)5)22-14-10-11-15-23(22)30(27)38(32,33)21-12-8-7-9-13-21/h1,7-15,18,24H,16-17,19-20H2,2-5H3. The highest BCUT2D eigenvalue weighted by atomic mass is 32.2. The third kappa shape index (κ3) is 6.11. The van der Waals surface area contributed by atoms with E-state index in [1.165, 1.54) is 30.0 Å². The van der Waals surface area contributed by atoms with Crippen LogP contribution < -0.4 is 5.76 Å². The van der Waals surface area contributed by atoms with Gasteiger partial charge in [0, 0.05) is 27.2 Å². The Bertz CT molecular complexity index is 1640. The van der Waals surface area contributed by atoms with E-state index in [-0.39, 0.29) is 29.9 Å². The molecule has 2 aromatic heterocycles. The predicted octanol–water partition coefficient (Wildman–Crippen LogP) is 4.91. The second-order valence-electron chi connectivity index (χ2n) is 10.2. The van der Waals surface area contributed by atoms with E-state index in [1.54, 1.807) is 42.5 Å². The molecule has 0 saturated heterocycles. The molecule has 1 unspecified atom stereocenters. The van der Waals surface area contributed by atoms with Crippen molar-refractivity contribution in [1.29, 1.82) is 0 Å².